The van der Waals surface area contributed by atoms with E-state index < -0.39 is 0 Å². The molecule has 0 aliphatic rings. The number of hydrogen-bond donors (Lipinski definition) is 2. The first-order valence-corrected chi connectivity index (χ1v) is 8.72. The van der Waals surface area contributed by atoms with Crippen LogP contribution in [0.3, 0.4) is 0 Å². The van der Waals surface area contributed by atoms with Gasteiger partial charge in [-0.15, -0.1) is 0 Å². The quantitative estimate of drug-likeness (QED) is 0.335. The van der Waals surface area contributed by atoms with Gasteiger partial charge in [0.2, 0.25) is 0 Å². The molecule has 0 spiro atoms. The number of unbranched alkanes of at least 4 members (excludes halogenated alkanes) is 8. The Hall–Kier alpha value is -0.410. The maximum absolute atomic E-state index is 10.6. The first-order chi connectivity index (χ1) is 9.85. The highest BCUT2D eigenvalue weighted by Gasteiger charge is 2.06. The third-order valence-electron chi connectivity index (χ3n) is 3.85. The normalized spacial score (nSPS) is 12.5. The minimum absolute atomic E-state index is 0.364. The lowest BCUT2D eigenvalue weighted by Gasteiger charge is -2.15. The Morgan fingerprint density at radius 2 is 1.55 bits per heavy atom. The zero-order valence-corrected chi connectivity index (χ0v) is 13.5. The van der Waals surface area contributed by atoms with Gasteiger partial charge in [0.15, 0.2) is 0 Å². The Kier molecular flexibility index (Phi) is 16.3. The molecule has 0 amide bonds. The molecule has 0 heterocycles. The van der Waals surface area contributed by atoms with E-state index in [1.807, 2.05) is 0 Å². The molecule has 0 rings (SSSR count). The van der Waals surface area contributed by atoms with Crippen LogP contribution in [0.2, 0.25) is 0 Å². The van der Waals surface area contributed by atoms with Crippen molar-refractivity contribution in [1.82, 2.24) is 5.32 Å². The molecule has 0 aromatic carbocycles. The molecule has 0 saturated heterocycles. The van der Waals surface area contributed by atoms with Crippen LogP contribution in [0.25, 0.3) is 0 Å². The fourth-order valence-corrected chi connectivity index (χ4v) is 2.53. The average molecular weight is 284 g/mol. The fraction of sp³-hybridized carbons (Fsp3) is 0.941. The zero-order valence-electron chi connectivity index (χ0n) is 13.5. The molecule has 0 bridgehead atoms. The molecule has 20 heavy (non-hydrogen) atoms. The highest BCUT2D eigenvalue weighted by molar-refractivity contribution is 5.50. The predicted octanol–water partition coefficient (Wildman–Crippen LogP) is 3.80. The van der Waals surface area contributed by atoms with E-state index in [1.54, 1.807) is 0 Å². The smallest absolute Gasteiger partial charge is 0.121 e. The Balaban J connectivity index is 3.36. The van der Waals surface area contributed by atoms with Crippen LogP contribution in [-0.4, -0.2) is 25.4 Å². The van der Waals surface area contributed by atoms with E-state index in [-0.39, 0.29) is 0 Å². The van der Waals surface area contributed by atoms with Crippen molar-refractivity contribution in [3.05, 3.63) is 0 Å². The summed E-state index contributed by atoms with van der Waals surface area (Å²) in [7, 11) is 0. The first-order valence-electron chi connectivity index (χ1n) is 8.72. The highest BCUT2D eigenvalue weighted by Crippen LogP contribution is 2.12. The zero-order chi connectivity index (χ0) is 14.9. The van der Waals surface area contributed by atoms with E-state index in [9.17, 15) is 4.79 Å². The topological polar surface area (TPSA) is 55.1 Å². The SMILES string of the molecule is CCCCCCCCCCCC(CC=O)NCCCN. The van der Waals surface area contributed by atoms with E-state index in [1.165, 1.54) is 57.8 Å². The van der Waals surface area contributed by atoms with Gasteiger partial charge in [0.25, 0.3) is 0 Å². The second-order valence-corrected chi connectivity index (χ2v) is 5.81. The molecule has 0 aromatic heterocycles. The van der Waals surface area contributed by atoms with Crippen LogP contribution < -0.4 is 11.1 Å². The van der Waals surface area contributed by atoms with E-state index in [4.69, 9.17) is 5.73 Å². The summed E-state index contributed by atoms with van der Waals surface area (Å²) in [6.07, 6.45) is 16.0. The van der Waals surface area contributed by atoms with Crippen molar-refractivity contribution in [1.29, 1.82) is 0 Å². The second kappa shape index (κ2) is 16.6. The van der Waals surface area contributed by atoms with Crippen molar-refractivity contribution < 1.29 is 4.79 Å². The molecule has 0 aromatic rings. The van der Waals surface area contributed by atoms with Gasteiger partial charge >= 0.3 is 0 Å². The summed E-state index contributed by atoms with van der Waals surface area (Å²) in [5.74, 6) is 0. The van der Waals surface area contributed by atoms with Crippen LogP contribution in [0.15, 0.2) is 0 Å². The molecule has 0 fully saturated rings. The monoisotopic (exact) mass is 284 g/mol. The Morgan fingerprint density at radius 1 is 0.950 bits per heavy atom. The third kappa shape index (κ3) is 14.0. The lowest BCUT2D eigenvalue weighted by molar-refractivity contribution is -0.108. The van der Waals surface area contributed by atoms with Crippen molar-refractivity contribution in [3.63, 3.8) is 0 Å². The standard InChI is InChI=1S/C17H36N2O/c1-2-3-4-5-6-7-8-9-10-12-17(13-16-20)19-15-11-14-18/h16-17,19H,2-15,18H2,1H3. The van der Waals surface area contributed by atoms with Gasteiger partial charge in [-0.2, -0.15) is 0 Å². The average Bonchev–Trinajstić information content (AvgIpc) is 2.45. The highest BCUT2D eigenvalue weighted by atomic mass is 16.1. The molecule has 120 valence electrons. The maximum atomic E-state index is 10.6. The van der Waals surface area contributed by atoms with E-state index in [0.717, 1.165) is 32.2 Å². The van der Waals surface area contributed by atoms with Gasteiger partial charge in [0, 0.05) is 12.5 Å². The Labute approximate surface area is 126 Å². The first kappa shape index (κ1) is 19.6. The van der Waals surface area contributed by atoms with Crippen LogP contribution in [0.4, 0.5) is 0 Å². The predicted molar refractivity (Wildman–Crippen MR) is 88.0 cm³/mol. The van der Waals surface area contributed by atoms with Crippen LogP contribution in [0, 0.1) is 0 Å². The van der Waals surface area contributed by atoms with Gasteiger partial charge in [0.1, 0.15) is 6.29 Å². The van der Waals surface area contributed by atoms with E-state index in [0.29, 0.717) is 12.5 Å². The molecule has 1 atom stereocenters. The summed E-state index contributed by atoms with van der Waals surface area (Å²) in [5, 5.41) is 3.44. The summed E-state index contributed by atoms with van der Waals surface area (Å²) in [6.45, 7) is 3.92. The number of nitrogens with two attached hydrogens (primary N) is 1. The molecule has 3 nitrogen and oxygen atoms in total. The molecular weight excluding hydrogens is 248 g/mol. The molecule has 0 aliphatic heterocycles. The van der Waals surface area contributed by atoms with E-state index >= 15 is 0 Å². The number of nitrogens with one attached hydrogen (secondary N) is 1. The third-order valence-corrected chi connectivity index (χ3v) is 3.85. The number of carbonyl (C=O) groups excluding carboxylic acids is 1. The molecule has 0 radical (unpaired) electrons. The van der Waals surface area contributed by atoms with Gasteiger partial charge in [-0.1, -0.05) is 64.7 Å². The summed E-state index contributed by atoms with van der Waals surface area (Å²) in [6, 6.07) is 0.364. The van der Waals surface area contributed by atoms with Crippen LogP contribution in [0.5, 0.6) is 0 Å². The molecule has 3 heteroatoms. The van der Waals surface area contributed by atoms with Crippen LogP contribution in [0.1, 0.15) is 84.0 Å². The maximum Gasteiger partial charge on any atom is 0.121 e. The van der Waals surface area contributed by atoms with Gasteiger partial charge in [-0.25, -0.2) is 0 Å². The van der Waals surface area contributed by atoms with Gasteiger partial charge in [-0.05, 0) is 25.9 Å². The van der Waals surface area contributed by atoms with E-state index in [2.05, 4.69) is 12.2 Å². The van der Waals surface area contributed by atoms with Crippen LogP contribution >= 0.6 is 0 Å². The molecule has 0 aliphatic carbocycles. The summed E-state index contributed by atoms with van der Waals surface area (Å²) < 4.78 is 0. The Morgan fingerprint density at radius 3 is 2.10 bits per heavy atom. The molecular formula is C17H36N2O. The number of aldehydes is 1. The molecule has 3 N–H and O–H groups in total. The fourth-order valence-electron chi connectivity index (χ4n) is 2.53. The second-order valence-electron chi connectivity index (χ2n) is 5.81. The summed E-state index contributed by atoms with van der Waals surface area (Å²) in [5.41, 5.74) is 5.48. The Bertz CT molecular complexity index is 197. The largest absolute Gasteiger partial charge is 0.330 e. The number of carbonyl (C=O) groups is 1. The minimum atomic E-state index is 0.364. The lowest BCUT2D eigenvalue weighted by Crippen LogP contribution is -2.31. The van der Waals surface area contributed by atoms with Crippen molar-refractivity contribution in [3.8, 4) is 0 Å². The van der Waals surface area contributed by atoms with Crippen LogP contribution in [-0.2, 0) is 4.79 Å². The lowest BCUT2D eigenvalue weighted by atomic mass is 10.0. The number of rotatable bonds is 16. The van der Waals surface area contributed by atoms with Gasteiger partial charge < -0.3 is 15.8 Å². The summed E-state index contributed by atoms with van der Waals surface area (Å²) >= 11 is 0. The van der Waals surface area contributed by atoms with Crippen molar-refractivity contribution >= 4 is 6.29 Å². The summed E-state index contributed by atoms with van der Waals surface area (Å²) in [4.78, 5) is 10.6. The van der Waals surface area contributed by atoms with Crippen molar-refractivity contribution in [2.75, 3.05) is 13.1 Å². The van der Waals surface area contributed by atoms with Crippen molar-refractivity contribution in [2.24, 2.45) is 5.73 Å². The van der Waals surface area contributed by atoms with Gasteiger partial charge in [0.05, 0.1) is 0 Å². The molecule has 0 saturated carbocycles. The molecule has 1 unspecified atom stereocenters. The van der Waals surface area contributed by atoms with Crippen molar-refractivity contribution in [2.45, 2.75) is 90.0 Å². The van der Waals surface area contributed by atoms with Gasteiger partial charge in [-0.3, -0.25) is 0 Å². The minimum Gasteiger partial charge on any atom is -0.330 e. The number of hydrogen-bond acceptors (Lipinski definition) is 3.